The predicted molar refractivity (Wildman–Crippen MR) is 110 cm³/mol. The van der Waals surface area contributed by atoms with Gasteiger partial charge in [-0.15, -0.1) is 0 Å². The molecule has 1 aromatic carbocycles. The second kappa shape index (κ2) is 9.18. The van der Waals surface area contributed by atoms with E-state index < -0.39 is 0 Å². The first-order chi connectivity index (χ1) is 14.1. The molecule has 1 amide bonds. The topological polar surface area (TPSA) is 115 Å². The molecular formula is C19H26N6O4. The molecule has 10 nitrogen and oxygen atoms in total. The molecule has 2 aromatic rings. The number of carbonyl (C=O) groups excluding carboxylic acids is 1. The fourth-order valence-electron chi connectivity index (χ4n) is 3.08. The van der Waals surface area contributed by atoms with Crippen molar-refractivity contribution in [1.29, 1.82) is 0 Å². The van der Waals surface area contributed by atoms with Crippen molar-refractivity contribution in [3.63, 3.8) is 0 Å². The van der Waals surface area contributed by atoms with Gasteiger partial charge in [0.2, 0.25) is 0 Å². The summed E-state index contributed by atoms with van der Waals surface area (Å²) in [5.74, 6) is 2.39. The quantitative estimate of drug-likeness (QED) is 0.749. The Morgan fingerprint density at radius 2 is 1.93 bits per heavy atom. The molecule has 0 saturated carbocycles. The molecule has 1 aromatic heterocycles. The molecule has 0 spiro atoms. The molecule has 0 aliphatic carbocycles. The number of nitrogen functional groups attached to an aromatic ring is 1. The molecule has 156 valence electrons. The van der Waals surface area contributed by atoms with E-state index in [1.54, 1.807) is 32.1 Å². The number of ether oxygens (including phenoxy) is 3. The van der Waals surface area contributed by atoms with Crippen LogP contribution in [0.15, 0.2) is 24.5 Å². The van der Waals surface area contributed by atoms with Crippen LogP contribution >= 0.6 is 0 Å². The van der Waals surface area contributed by atoms with E-state index in [0.717, 1.165) is 0 Å². The molecule has 3 rings (SSSR count). The fraction of sp³-hybridized carbons (Fsp3) is 0.421. The van der Waals surface area contributed by atoms with Gasteiger partial charge in [0.15, 0.2) is 11.6 Å². The van der Waals surface area contributed by atoms with Crippen molar-refractivity contribution in [2.45, 2.75) is 6.92 Å². The van der Waals surface area contributed by atoms with Gasteiger partial charge in [-0.2, -0.15) is 0 Å². The normalized spacial score (nSPS) is 13.8. The van der Waals surface area contributed by atoms with Gasteiger partial charge in [0.1, 0.15) is 23.5 Å². The van der Waals surface area contributed by atoms with Crippen LogP contribution in [0.1, 0.15) is 6.92 Å². The summed E-state index contributed by atoms with van der Waals surface area (Å²) in [5.41, 5.74) is 7.48. The molecule has 0 unspecified atom stereocenters. The summed E-state index contributed by atoms with van der Waals surface area (Å²) in [7, 11) is 3.18. The summed E-state index contributed by atoms with van der Waals surface area (Å²) in [4.78, 5) is 24.2. The number of aromatic nitrogens is 2. The summed E-state index contributed by atoms with van der Waals surface area (Å²) in [6, 6.07) is 5.42. The van der Waals surface area contributed by atoms with Crippen molar-refractivity contribution in [3.8, 4) is 11.5 Å². The SMILES string of the molecule is CCOC(=O)N1CCN(c2ncnc(Nc3ccc(OC)cc3OC)c2N)CC1. The van der Waals surface area contributed by atoms with Gasteiger partial charge < -0.3 is 35.1 Å². The Kier molecular flexibility index (Phi) is 6.43. The number of nitrogens with one attached hydrogen (secondary N) is 1. The van der Waals surface area contributed by atoms with Crippen molar-refractivity contribution >= 4 is 29.1 Å². The molecule has 0 atom stereocenters. The number of hydrogen-bond acceptors (Lipinski definition) is 9. The second-order valence-corrected chi connectivity index (χ2v) is 6.32. The van der Waals surface area contributed by atoms with Crippen LogP contribution in [0.25, 0.3) is 0 Å². The minimum atomic E-state index is -0.295. The molecule has 29 heavy (non-hydrogen) atoms. The predicted octanol–water partition coefficient (Wildman–Crippen LogP) is 2.10. The maximum Gasteiger partial charge on any atom is 0.409 e. The minimum absolute atomic E-state index is 0.295. The molecule has 1 aliphatic heterocycles. The third kappa shape index (κ3) is 4.53. The minimum Gasteiger partial charge on any atom is -0.497 e. The lowest BCUT2D eigenvalue weighted by Gasteiger charge is -2.35. The molecule has 0 radical (unpaired) electrons. The summed E-state index contributed by atoms with van der Waals surface area (Å²) in [6.07, 6.45) is 1.17. The van der Waals surface area contributed by atoms with Crippen molar-refractivity contribution in [3.05, 3.63) is 24.5 Å². The van der Waals surface area contributed by atoms with Crippen LogP contribution in [0.2, 0.25) is 0 Å². The monoisotopic (exact) mass is 402 g/mol. The van der Waals surface area contributed by atoms with Crippen molar-refractivity contribution < 1.29 is 19.0 Å². The van der Waals surface area contributed by atoms with Gasteiger partial charge in [-0.05, 0) is 19.1 Å². The zero-order valence-corrected chi connectivity index (χ0v) is 16.8. The summed E-state index contributed by atoms with van der Waals surface area (Å²) < 4.78 is 15.7. The molecule has 0 bridgehead atoms. The maximum absolute atomic E-state index is 11.9. The first-order valence-electron chi connectivity index (χ1n) is 9.33. The highest BCUT2D eigenvalue weighted by Gasteiger charge is 2.25. The highest BCUT2D eigenvalue weighted by Crippen LogP contribution is 2.34. The number of rotatable bonds is 6. The number of methoxy groups -OCH3 is 2. The molecule has 1 fully saturated rings. The first kappa shape index (κ1) is 20.3. The van der Waals surface area contributed by atoms with Crippen molar-refractivity contribution in [2.75, 3.05) is 63.0 Å². The number of nitrogens with zero attached hydrogens (tertiary/aromatic N) is 4. The van der Waals surface area contributed by atoms with Gasteiger partial charge in [-0.25, -0.2) is 14.8 Å². The highest BCUT2D eigenvalue weighted by molar-refractivity contribution is 5.80. The molecule has 1 saturated heterocycles. The van der Waals surface area contributed by atoms with Gasteiger partial charge in [-0.3, -0.25) is 0 Å². The van der Waals surface area contributed by atoms with Crippen LogP contribution < -0.4 is 25.4 Å². The van der Waals surface area contributed by atoms with Crippen molar-refractivity contribution in [1.82, 2.24) is 14.9 Å². The summed E-state index contributed by atoms with van der Waals surface area (Å²) in [6.45, 7) is 4.44. The van der Waals surface area contributed by atoms with Crippen LogP contribution in [-0.2, 0) is 4.74 Å². The third-order valence-corrected chi connectivity index (χ3v) is 4.63. The Labute approximate surface area is 169 Å². The number of nitrogens with two attached hydrogens (primary N) is 1. The maximum atomic E-state index is 11.9. The van der Waals surface area contributed by atoms with E-state index in [2.05, 4.69) is 15.3 Å². The lowest BCUT2D eigenvalue weighted by Crippen LogP contribution is -2.49. The molecule has 2 heterocycles. The van der Waals surface area contributed by atoms with Gasteiger partial charge in [0.25, 0.3) is 0 Å². The van der Waals surface area contributed by atoms with Crippen LogP contribution in [0.5, 0.6) is 11.5 Å². The van der Waals surface area contributed by atoms with Gasteiger partial charge in [0.05, 0.1) is 26.5 Å². The number of hydrogen-bond donors (Lipinski definition) is 2. The molecule has 3 N–H and O–H groups in total. The van der Waals surface area contributed by atoms with E-state index in [0.29, 0.717) is 67.3 Å². The van der Waals surface area contributed by atoms with Gasteiger partial charge >= 0.3 is 6.09 Å². The Bertz CT molecular complexity index is 855. The third-order valence-electron chi connectivity index (χ3n) is 4.63. The van der Waals surface area contributed by atoms with Gasteiger partial charge in [-0.1, -0.05) is 0 Å². The smallest absolute Gasteiger partial charge is 0.409 e. The standard InChI is InChI=1S/C19H26N6O4/c1-4-29-19(26)25-9-7-24(8-10-25)18-16(20)17(21-12-22-18)23-14-6-5-13(27-2)11-15(14)28-3/h5-6,11-12H,4,7-10,20H2,1-3H3,(H,21,22,23). The summed E-state index contributed by atoms with van der Waals surface area (Å²) >= 11 is 0. The van der Waals surface area contributed by atoms with E-state index in [-0.39, 0.29) is 6.09 Å². The highest BCUT2D eigenvalue weighted by atomic mass is 16.6. The lowest BCUT2D eigenvalue weighted by atomic mass is 10.2. The van der Waals surface area contributed by atoms with E-state index in [9.17, 15) is 4.79 Å². The Balaban J connectivity index is 1.75. The number of anilines is 4. The lowest BCUT2D eigenvalue weighted by molar-refractivity contribution is 0.105. The van der Waals surface area contributed by atoms with Crippen LogP contribution in [0.4, 0.5) is 27.8 Å². The number of carbonyl (C=O) groups is 1. The van der Waals surface area contributed by atoms with E-state index in [4.69, 9.17) is 19.9 Å². The Morgan fingerprint density at radius 1 is 1.17 bits per heavy atom. The van der Waals surface area contributed by atoms with Crippen molar-refractivity contribution in [2.24, 2.45) is 0 Å². The number of amides is 1. The Hall–Kier alpha value is -3.43. The molecule has 10 heteroatoms. The van der Waals surface area contributed by atoms with E-state index in [1.807, 2.05) is 17.0 Å². The van der Waals surface area contributed by atoms with Crippen LogP contribution in [0, 0.1) is 0 Å². The first-order valence-corrected chi connectivity index (χ1v) is 9.33. The zero-order chi connectivity index (χ0) is 20.8. The number of piperazine rings is 1. The average Bonchev–Trinajstić information content (AvgIpc) is 2.75. The largest absolute Gasteiger partial charge is 0.497 e. The van der Waals surface area contributed by atoms with Crippen LogP contribution in [-0.4, -0.2) is 68.0 Å². The van der Waals surface area contributed by atoms with E-state index in [1.165, 1.54) is 6.33 Å². The van der Waals surface area contributed by atoms with E-state index >= 15 is 0 Å². The second-order valence-electron chi connectivity index (χ2n) is 6.32. The average molecular weight is 402 g/mol. The zero-order valence-electron chi connectivity index (χ0n) is 16.8. The van der Waals surface area contributed by atoms with Crippen LogP contribution in [0.3, 0.4) is 0 Å². The Morgan fingerprint density at radius 3 is 2.59 bits per heavy atom. The molecule has 1 aliphatic rings. The number of benzene rings is 1. The summed E-state index contributed by atoms with van der Waals surface area (Å²) in [5, 5.41) is 3.20. The van der Waals surface area contributed by atoms with Gasteiger partial charge in [0, 0.05) is 32.2 Å². The molecular weight excluding hydrogens is 376 g/mol. The fourth-order valence-corrected chi connectivity index (χ4v) is 3.08.